The fourth-order valence-electron chi connectivity index (χ4n) is 4.83. The van der Waals surface area contributed by atoms with Crippen molar-refractivity contribution in [1.29, 1.82) is 0 Å². The quantitative estimate of drug-likeness (QED) is 0.219. The van der Waals surface area contributed by atoms with Crippen LogP contribution in [0, 0.1) is 0 Å². The SMILES string of the molecule is CC[C@@H](C)OC(=O)C1(NP(=O)(OC[C@H]2O[C@@H](c3cnc4c(N)ncnn34)[C@](C)(F)[C@@H]2O)Oc2ccccc2)CCC1. The van der Waals surface area contributed by atoms with Gasteiger partial charge in [0.25, 0.3) is 0 Å². The number of aliphatic hydroxyl groups excluding tert-OH is 1. The monoisotopic (exact) mass is 592 g/mol. The summed E-state index contributed by atoms with van der Waals surface area (Å²) in [5.74, 6) is -0.245. The van der Waals surface area contributed by atoms with Crippen molar-refractivity contribution in [3.63, 3.8) is 0 Å². The highest BCUT2D eigenvalue weighted by atomic mass is 31.2. The Bertz CT molecular complexity index is 1440. The minimum atomic E-state index is -4.30. The normalized spacial score (nSPS) is 27.6. The number of esters is 1. The number of aromatic nitrogens is 4. The van der Waals surface area contributed by atoms with Crippen LogP contribution in [0.2, 0.25) is 0 Å². The van der Waals surface area contributed by atoms with Crippen LogP contribution in [0.25, 0.3) is 5.65 Å². The van der Waals surface area contributed by atoms with E-state index in [0.717, 1.165) is 0 Å². The van der Waals surface area contributed by atoms with Gasteiger partial charge in [-0.05, 0) is 51.7 Å². The Hall–Kier alpha value is -3.16. The van der Waals surface area contributed by atoms with Crippen LogP contribution < -0.4 is 15.3 Å². The number of benzene rings is 1. The second-order valence-corrected chi connectivity index (χ2v) is 12.2. The molecule has 0 spiro atoms. The van der Waals surface area contributed by atoms with Crippen LogP contribution in [0.4, 0.5) is 10.2 Å². The van der Waals surface area contributed by atoms with Crippen molar-refractivity contribution in [3.8, 4) is 5.75 Å². The molecule has 13 nitrogen and oxygen atoms in total. The first kappa shape index (κ1) is 29.3. The minimum absolute atomic E-state index is 0.0899. The topological polar surface area (TPSA) is 172 Å². The van der Waals surface area contributed by atoms with Crippen LogP contribution in [0.5, 0.6) is 5.75 Å². The zero-order valence-corrected chi connectivity index (χ0v) is 23.9. The molecular weight excluding hydrogens is 558 g/mol. The van der Waals surface area contributed by atoms with Crippen molar-refractivity contribution in [1.82, 2.24) is 24.7 Å². The van der Waals surface area contributed by atoms with Gasteiger partial charge in [-0.1, -0.05) is 25.1 Å². The van der Waals surface area contributed by atoms with Crippen LogP contribution >= 0.6 is 7.75 Å². The number of carbonyl (C=O) groups is 1. The predicted octanol–water partition coefficient (Wildman–Crippen LogP) is 3.29. The Morgan fingerprint density at radius 1 is 1.34 bits per heavy atom. The number of aliphatic hydroxyl groups is 1. The maximum atomic E-state index is 15.9. The summed E-state index contributed by atoms with van der Waals surface area (Å²) in [6, 6.07) is 8.29. The van der Waals surface area contributed by atoms with Gasteiger partial charge in [0.1, 0.15) is 35.9 Å². The molecule has 0 amide bonds. The van der Waals surface area contributed by atoms with E-state index in [1.165, 1.54) is 24.0 Å². The lowest BCUT2D eigenvalue weighted by atomic mass is 9.78. The Kier molecular flexibility index (Phi) is 8.05. The van der Waals surface area contributed by atoms with E-state index in [4.69, 9.17) is 24.3 Å². The average molecular weight is 593 g/mol. The van der Waals surface area contributed by atoms with E-state index in [0.29, 0.717) is 25.7 Å². The number of nitrogens with two attached hydrogens (primary N) is 1. The van der Waals surface area contributed by atoms with Crippen LogP contribution in [-0.4, -0.2) is 66.8 Å². The fourth-order valence-corrected chi connectivity index (χ4v) is 6.57. The lowest BCUT2D eigenvalue weighted by Crippen LogP contribution is -2.57. The van der Waals surface area contributed by atoms with Crippen LogP contribution in [-0.2, 0) is 23.4 Å². The number of fused-ring (bicyclic) bond motifs is 1. The predicted molar refractivity (Wildman–Crippen MR) is 145 cm³/mol. The second kappa shape index (κ2) is 11.3. The molecule has 2 fully saturated rings. The summed E-state index contributed by atoms with van der Waals surface area (Å²) < 4.78 is 54.4. The third kappa shape index (κ3) is 5.67. The highest BCUT2D eigenvalue weighted by Crippen LogP contribution is 2.52. The van der Waals surface area contributed by atoms with Gasteiger partial charge in [0, 0.05) is 0 Å². The molecule has 1 aliphatic carbocycles. The summed E-state index contributed by atoms with van der Waals surface area (Å²) in [5, 5.41) is 17.8. The Morgan fingerprint density at radius 2 is 2.07 bits per heavy atom. The van der Waals surface area contributed by atoms with Gasteiger partial charge < -0.3 is 24.8 Å². The maximum Gasteiger partial charge on any atom is 0.459 e. The number of anilines is 1. The largest absolute Gasteiger partial charge is 0.461 e. The number of para-hydroxylation sites is 1. The molecule has 0 bridgehead atoms. The molecule has 1 saturated carbocycles. The number of nitrogens with one attached hydrogen (secondary N) is 1. The van der Waals surface area contributed by atoms with Gasteiger partial charge in [0.2, 0.25) is 0 Å². The second-order valence-electron chi connectivity index (χ2n) is 10.6. The van der Waals surface area contributed by atoms with Crippen molar-refractivity contribution < 1.29 is 37.4 Å². The molecule has 1 unspecified atom stereocenters. The Morgan fingerprint density at radius 3 is 2.73 bits per heavy atom. The highest BCUT2D eigenvalue weighted by Gasteiger charge is 2.57. The first-order chi connectivity index (χ1) is 19.5. The smallest absolute Gasteiger partial charge is 0.459 e. The van der Waals surface area contributed by atoms with Crippen LogP contribution in [0.15, 0.2) is 42.9 Å². The average Bonchev–Trinajstić information content (AvgIpc) is 3.44. The van der Waals surface area contributed by atoms with Gasteiger partial charge >= 0.3 is 13.7 Å². The fraction of sp³-hybridized carbons (Fsp3) is 0.538. The zero-order chi connectivity index (χ0) is 29.4. The van der Waals surface area contributed by atoms with Gasteiger partial charge in [0.15, 0.2) is 17.1 Å². The molecule has 5 rings (SSSR count). The summed E-state index contributed by atoms with van der Waals surface area (Å²) >= 11 is 0. The van der Waals surface area contributed by atoms with Gasteiger partial charge in [-0.2, -0.15) is 10.2 Å². The third-order valence-electron chi connectivity index (χ3n) is 7.59. The molecule has 1 aromatic carbocycles. The van der Waals surface area contributed by atoms with E-state index < -0.39 is 49.8 Å². The molecular formula is C26H34FN6O7P. The Labute approximate surface area is 236 Å². The van der Waals surface area contributed by atoms with Crippen LogP contribution in [0.1, 0.15) is 58.3 Å². The van der Waals surface area contributed by atoms with Crippen molar-refractivity contribution >= 4 is 25.2 Å². The van der Waals surface area contributed by atoms with Gasteiger partial charge in [-0.3, -0.25) is 9.32 Å². The number of hydrogen-bond donors (Lipinski definition) is 3. The molecule has 2 aromatic heterocycles. The number of rotatable bonds is 11. The van der Waals surface area contributed by atoms with E-state index in [-0.39, 0.29) is 29.0 Å². The lowest BCUT2D eigenvalue weighted by molar-refractivity contribution is -0.159. The van der Waals surface area contributed by atoms with E-state index in [1.54, 1.807) is 37.3 Å². The Balaban J connectivity index is 1.37. The number of ether oxygens (including phenoxy) is 2. The van der Waals surface area contributed by atoms with E-state index in [1.807, 2.05) is 6.92 Å². The van der Waals surface area contributed by atoms with Crippen molar-refractivity contribution in [3.05, 3.63) is 48.5 Å². The summed E-state index contributed by atoms with van der Waals surface area (Å²) in [7, 11) is -4.30. The van der Waals surface area contributed by atoms with Crippen LogP contribution in [0.3, 0.4) is 0 Å². The van der Waals surface area contributed by atoms with E-state index in [2.05, 4.69) is 20.2 Å². The van der Waals surface area contributed by atoms with E-state index >= 15 is 4.39 Å². The number of alkyl halides is 1. The molecule has 3 aromatic rings. The number of hydrogen-bond acceptors (Lipinski definition) is 11. The summed E-state index contributed by atoms with van der Waals surface area (Å²) in [4.78, 5) is 21.1. The lowest BCUT2D eigenvalue weighted by Gasteiger charge is -2.41. The molecule has 6 atom stereocenters. The standard InChI is InChI=1S/C26H34FN6O7P/c1-4-16(2)38-24(35)26(11-8-12-26)32-41(36,40-17-9-6-5-7-10-17)37-14-19-20(34)25(3,27)21(39-19)18-13-29-23-22(28)30-15-31-33(18)23/h5-7,9-10,13,15-16,19-21,34H,4,8,11-12,14H2,1-3H3,(H,32,36)(H2,28,30,31)/t16-,19-,20-,21+,25-,41?/m1/s1. The first-order valence-corrected chi connectivity index (χ1v) is 15.0. The molecule has 15 heteroatoms. The molecule has 1 aliphatic heterocycles. The molecule has 4 N–H and O–H groups in total. The number of carbonyl (C=O) groups excluding carboxylic acids is 1. The van der Waals surface area contributed by atoms with Crippen molar-refractivity contribution in [2.24, 2.45) is 0 Å². The summed E-state index contributed by atoms with van der Waals surface area (Å²) in [5.41, 5.74) is 2.66. The number of nitrogen functional groups attached to an aromatic ring is 1. The molecule has 2 aliphatic rings. The third-order valence-corrected chi connectivity index (χ3v) is 9.23. The van der Waals surface area contributed by atoms with E-state index in [9.17, 15) is 14.5 Å². The summed E-state index contributed by atoms with van der Waals surface area (Å²) in [6.45, 7) is 4.31. The minimum Gasteiger partial charge on any atom is -0.461 e. The van der Waals surface area contributed by atoms with Gasteiger partial charge in [-0.25, -0.2) is 23.4 Å². The molecule has 1 saturated heterocycles. The molecule has 0 radical (unpaired) electrons. The molecule has 41 heavy (non-hydrogen) atoms. The van der Waals surface area contributed by atoms with Crippen molar-refractivity contribution in [2.75, 3.05) is 12.3 Å². The number of imidazole rings is 1. The van der Waals surface area contributed by atoms with Crippen molar-refractivity contribution in [2.45, 2.75) is 82.1 Å². The highest BCUT2D eigenvalue weighted by molar-refractivity contribution is 7.52. The van der Waals surface area contributed by atoms with Gasteiger partial charge in [-0.15, -0.1) is 0 Å². The van der Waals surface area contributed by atoms with Gasteiger partial charge in [0.05, 0.1) is 24.6 Å². The number of nitrogens with zero attached hydrogens (tertiary/aromatic N) is 4. The maximum absolute atomic E-state index is 15.9. The summed E-state index contributed by atoms with van der Waals surface area (Å²) in [6.07, 6.45) is -0.0302. The molecule has 3 heterocycles. The first-order valence-electron chi connectivity index (χ1n) is 13.4. The zero-order valence-electron chi connectivity index (χ0n) is 23.0. The molecule has 222 valence electrons. The number of halogens is 1.